The summed E-state index contributed by atoms with van der Waals surface area (Å²) >= 11 is 0. The van der Waals surface area contributed by atoms with Gasteiger partial charge in [-0.1, -0.05) is 80.3 Å². The van der Waals surface area contributed by atoms with Gasteiger partial charge >= 0.3 is 0 Å². The molecule has 0 aliphatic carbocycles. The molecule has 0 radical (unpaired) electrons. The van der Waals surface area contributed by atoms with Crippen molar-refractivity contribution in [2.45, 2.75) is 19.6 Å². The summed E-state index contributed by atoms with van der Waals surface area (Å²) in [6, 6.07) is 23.1. The molecule has 0 unspecified atom stereocenters. The van der Waals surface area contributed by atoms with Gasteiger partial charge in [0.15, 0.2) is 0 Å². The summed E-state index contributed by atoms with van der Waals surface area (Å²) in [5.74, 6) is 0.985. The summed E-state index contributed by atoms with van der Waals surface area (Å²) in [5.41, 5.74) is 3.55. The van der Waals surface area contributed by atoms with E-state index in [-0.39, 0.29) is 0 Å². The summed E-state index contributed by atoms with van der Waals surface area (Å²) in [6.07, 6.45) is 0. The fraction of sp³-hybridized carbons (Fsp3) is 0.158. The van der Waals surface area contributed by atoms with Crippen LogP contribution in [0.5, 0.6) is 0 Å². The maximum atomic E-state index is 6.28. The van der Waals surface area contributed by atoms with Crippen molar-refractivity contribution in [1.29, 1.82) is 0 Å². The average molecular weight is 292 g/mol. The molecule has 0 bridgehead atoms. The van der Waals surface area contributed by atoms with Crippen molar-refractivity contribution in [2.75, 3.05) is 0 Å². The summed E-state index contributed by atoms with van der Waals surface area (Å²) < 4.78 is 6.28. The Kier molecular flexibility index (Phi) is 3.56. The molecule has 0 aliphatic rings. The van der Waals surface area contributed by atoms with Crippen molar-refractivity contribution in [3.63, 3.8) is 0 Å². The standard InChI is InChI=1S/C19H20OSi/c1-21(2,3)18-14-17(15-10-6-4-7-11-15)19(20-18)16-12-8-5-9-13-16/h4-14H,1-3H3. The molecule has 1 heterocycles. The van der Waals surface area contributed by atoms with Crippen molar-refractivity contribution in [2.24, 2.45) is 0 Å². The smallest absolute Gasteiger partial charge is 0.141 e. The van der Waals surface area contributed by atoms with Gasteiger partial charge in [-0.15, -0.1) is 0 Å². The van der Waals surface area contributed by atoms with Crippen LogP contribution < -0.4 is 5.38 Å². The Morgan fingerprint density at radius 1 is 0.714 bits per heavy atom. The van der Waals surface area contributed by atoms with Gasteiger partial charge in [-0.25, -0.2) is 0 Å². The third kappa shape index (κ3) is 2.86. The predicted octanol–water partition coefficient (Wildman–Crippen LogP) is 5.16. The molecule has 0 saturated carbocycles. The molecule has 1 aromatic heterocycles. The SMILES string of the molecule is C[Si](C)(C)c1cc(-c2ccccc2)c(-c2ccccc2)o1. The van der Waals surface area contributed by atoms with E-state index in [1.165, 1.54) is 11.1 Å². The third-order valence-corrected chi connectivity index (χ3v) is 5.32. The molecule has 0 aliphatic heterocycles. The van der Waals surface area contributed by atoms with E-state index in [2.05, 4.69) is 74.2 Å². The fourth-order valence-electron chi connectivity index (χ4n) is 2.40. The highest BCUT2D eigenvalue weighted by atomic mass is 28.3. The molecule has 0 saturated heterocycles. The highest BCUT2D eigenvalue weighted by Gasteiger charge is 2.24. The second-order valence-corrected chi connectivity index (χ2v) is 11.3. The van der Waals surface area contributed by atoms with E-state index in [1.54, 1.807) is 0 Å². The van der Waals surface area contributed by atoms with Crippen LogP contribution >= 0.6 is 0 Å². The second kappa shape index (κ2) is 5.38. The molecule has 0 fully saturated rings. The van der Waals surface area contributed by atoms with E-state index in [0.29, 0.717) is 0 Å². The van der Waals surface area contributed by atoms with Crippen molar-refractivity contribution in [3.05, 3.63) is 66.7 Å². The lowest BCUT2D eigenvalue weighted by Crippen LogP contribution is -2.36. The number of benzene rings is 2. The van der Waals surface area contributed by atoms with E-state index >= 15 is 0 Å². The maximum Gasteiger partial charge on any atom is 0.141 e. The van der Waals surface area contributed by atoms with Gasteiger partial charge in [0.05, 0.1) is 5.38 Å². The molecule has 106 valence electrons. The van der Waals surface area contributed by atoms with E-state index in [0.717, 1.165) is 16.7 Å². The van der Waals surface area contributed by atoms with Gasteiger partial charge in [0.2, 0.25) is 0 Å². The van der Waals surface area contributed by atoms with Crippen LogP contribution in [0, 0.1) is 0 Å². The molecule has 1 nitrogen and oxygen atoms in total. The quantitative estimate of drug-likeness (QED) is 0.608. The minimum absolute atomic E-state index is 0.985. The van der Waals surface area contributed by atoms with Gasteiger partial charge in [0.25, 0.3) is 0 Å². The molecular weight excluding hydrogens is 272 g/mol. The Balaban J connectivity index is 2.20. The van der Waals surface area contributed by atoms with Gasteiger partial charge in [-0.2, -0.15) is 0 Å². The first kappa shape index (κ1) is 13.9. The molecule has 0 spiro atoms. The number of furan rings is 1. The fourth-order valence-corrected chi connectivity index (χ4v) is 3.38. The van der Waals surface area contributed by atoms with E-state index in [1.807, 2.05) is 12.1 Å². The first-order chi connectivity index (χ1) is 10.1. The zero-order valence-electron chi connectivity index (χ0n) is 12.8. The van der Waals surface area contributed by atoms with Crippen molar-refractivity contribution < 1.29 is 4.42 Å². The lowest BCUT2D eigenvalue weighted by Gasteiger charge is -2.11. The highest BCUT2D eigenvalue weighted by molar-refractivity contribution is 6.87. The molecule has 21 heavy (non-hydrogen) atoms. The van der Waals surface area contributed by atoms with Crippen LogP contribution in [0.25, 0.3) is 22.5 Å². The van der Waals surface area contributed by atoms with Crippen LogP contribution in [0.2, 0.25) is 19.6 Å². The summed E-state index contributed by atoms with van der Waals surface area (Å²) in [6.45, 7) is 6.94. The van der Waals surface area contributed by atoms with Gasteiger partial charge in [-0.3, -0.25) is 0 Å². The zero-order valence-corrected chi connectivity index (χ0v) is 13.8. The van der Waals surface area contributed by atoms with Crippen molar-refractivity contribution in [1.82, 2.24) is 0 Å². The summed E-state index contributed by atoms with van der Waals surface area (Å²) in [5, 5.41) is 1.15. The number of hydrogen-bond donors (Lipinski definition) is 0. The summed E-state index contributed by atoms with van der Waals surface area (Å²) in [4.78, 5) is 0. The van der Waals surface area contributed by atoms with Crippen LogP contribution in [0.1, 0.15) is 0 Å². The molecule has 0 atom stereocenters. The highest BCUT2D eigenvalue weighted by Crippen LogP contribution is 2.33. The Morgan fingerprint density at radius 2 is 1.24 bits per heavy atom. The monoisotopic (exact) mass is 292 g/mol. The van der Waals surface area contributed by atoms with E-state index < -0.39 is 8.07 Å². The van der Waals surface area contributed by atoms with Crippen molar-refractivity contribution >= 4 is 13.5 Å². The van der Waals surface area contributed by atoms with Crippen LogP contribution in [0.4, 0.5) is 0 Å². The first-order valence-corrected chi connectivity index (χ1v) is 10.8. The van der Waals surface area contributed by atoms with E-state index in [4.69, 9.17) is 4.42 Å². The zero-order chi connectivity index (χ0) is 14.9. The van der Waals surface area contributed by atoms with Gasteiger partial charge in [0, 0.05) is 11.1 Å². The molecular formula is C19H20OSi. The lowest BCUT2D eigenvalue weighted by molar-refractivity contribution is 0.613. The normalized spacial score (nSPS) is 11.6. The van der Waals surface area contributed by atoms with Crippen molar-refractivity contribution in [3.8, 4) is 22.5 Å². The summed E-state index contributed by atoms with van der Waals surface area (Å²) in [7, 11) is -1.48. The van der Waals surface area contributed by atoms with Gasteiger partial charge < -0.3 is 4.42 Å². The minimum Gasteiger partial charge on any atom is -0.466 e. The van der Waals surface area contributed by atoms with Crippen LogP contribution in [0.3, 0.4) is 0 Å². The molecule has 3 rings (SSSR count). The maximum absolute atomic E-state index is 6.28. The molecule has 2 aromatic carbocycles. The number of rotatable bonds is 3. The van der Waals surface area contributed by atoms with Crippen LogP contribution in [0.15, 0.2) is 71.1 Å². The van der Waals surface area contributed by atoms with Gasteiger partial charge in [-0.05, 0) is 11.6 Å². The molecule has 0 N–H and O–H groups in total. The Morgan fingerprint density at radius 3 is 1.76 bits per heavy atom. The Labute approximate surface area is 127 Å². The largest absolute Gasteiger partial charge is 0.466 e. The molecule has 3 aromatic rings. The number of hydrogen-bond acceptors (Lipinski definition) is 1. The Hall–Kier alpha value is -2.06. The third-order valence-electron chi connectivity index (χ3n) is 3.59. The molecule has 2 heteroatoms. The predicted molar refractivity (Wildman–Crippen MR) is 92.6 cm³/mol. The Bertz CT molecular complexity index is 664. The van der Waals surface area contributed by atoms with Crippen LogP contribution in [-0.4, -0.2) is 8.07 Å². The molecule has 0 amide bonds. The van der Waals surface area contributed by atoms with Crippen LogP contribution in [-0.2, 0) is 0 Å². The van der Waals surface area contributed by atoms with E-state index in [9.17, 15) is 0 Å². The first-order valence-electron chi connectivity index (χ1n) is 7.31. The van der Waals surface area contributed by atoms with Gasteiger partial charge in [0.1, 0.15) is 13.8 Å². The minimum atomic E-state index is -1.48. The average Bonchev–Trinajstić information content (AvgIpc) is 2.94. The topological polar surface area (TPSA) is 13.1 Å². The lowest BCUT2D eigenvalue weighted by atomic mass is 10.0. The second-order valence-electron chi connectivity index (χ2n) is 6.34.